The van der Waals surface area contributed by atoms with E-state index >= 15 is 0 Å². The molecule has 3 heteroatoms. The highest BCUT2D eigenvalue weighted by molar-refractivity contribution is 5.85. The van der Waals surface area contributed by atoms with E-state index in [0.29, 0.717) is 6.42 Å². The van der Waals surface area contributed by atoms with E-state index in [1.165, 1.54) is 0 Å². The molecule has 0 radical (unpaired) electrons. The van der Waals surface area contributed by atoms with Crippen LogP contribution in [0, 0.1) is 0 Å². The van der Waals surface area contributed by atoms with Gasteiger partial charge in [-0.15, -0.1) is 12.4 Å². The smallest absolute Gasteiger partial charge is 0.306 e. The molecule has 0 aliphatic heterocycles. The highest BCUT2D eigenvalue weighted by atomic mass is 35.5. The van der Waals surface area contributed by atoms with E-state index in [4.69, 9.17) is 4.74 Å². The number of hydrogen-bond acceptors (Lipinski definition) is 2. The summed E-state index contributed by atoms with van der Waals surface area (Å²) in [6.45, 7) is 5.79. The van der Waals surface area contributed by atoms with Crippen LogP contribution in [0.4, 0.5) is 0 Å². The molecule has 68 valence electrons. The first-order chi connectivity index (χ1) is 4.66. The Bertz CT molecular complexity index is 102. The molecule has 0 aromatic rings. The van der Waals surface area contributed by atoms with Crippen LogP contribution in [-0.4, -0.2) is 12.1 Å². The zero-order valence-corrected chi connectivity index (χ0v) is 8.24. The van der Waals surface area contributed by atoms with Crippen molar-refractivity contribution >= 4 is 18.4 Å². The van der Waals surface area contributed by atoms with Gasteiger partial charge in [-0.05, 0) is 20.3 Å². The number of carbonyl (C=O) groups is 1. The Morgan fingerprint density at radius 2 is 2.00 bits per heavy atom. The van der Waals surface area contributed by atoms with Crippen molar-refractivity contribution in [3.8, 4) is 0 Å². The molecule has 0 spiro atoms. The van der Waals surface area contributed by atoms with E-state index in [-0.39, 0.29) is 24.5 Å². The van der Waals surface area contributed by atoms with Crippen LogP contribution in [0.1, 0.15) is 40.0 Å². The van der Waals surface area contributed by atoms with Gasteiger partial charge in [-0.2, -0.15) is 0 Å². The molecule has 0 bridgehead atoms. The summed E-state index contributed by atoms with van der Waals surface area (Å²) in [7, 11) is 0. The number of unbranched alkanes of at least 4 members (excludes halogenated alkanes) is 1. The largest absolute Gasteiger partial charge is 0.463 e. The second-order valence-electron chi connectivity index (χ2n) is 2.64. The molecule has 0 amide bonds. The van der Waals surface area contributed by atoms with Crippen molar-refractivity contribution in [2.45, 2.75) is 46.1 Å². The van der Waals surface area contributed by atoms with E-state index in [0.717, 1.165) is 12.8 Å². The lowest BCUT2D eigenvalue weighted by atomic mass is 10.2. The quantitative estimate of drug-likeness (QED) is 0.622. The third kappa shape index (κ3) is 9.76. The first-order valence-electron chi connectivity index (χ1n) is 3.86. The highest BCUT2D eigenvalue weighted by Crippen LogP contribution is 1.98. The summed E-state index contributed by atoms with van der Waals surface area (Å²) in [5.41, 5.74) is 0. The number of hydrogen-bond donors (Lipinski definition) is 0. The number of ether oxygens (including phenoxy) is 1. The van der Waals surface area contributed by atoms with E-state index in [1.54, 1.807) is 0 Å². The maximum atomic E-state index is 10.8. The number of esters is 1. The minimum Gasteiger partial charge on any atom is -0.463 e. The standard InChI is InChI=1S/C8H16O2.ClH/c1-4-5-6-8(9)10-7(2)3;/h7H,4-6H2,1-3H3;1H. The second kappa shape index (κ2) is 7.86. The van der Waals surface area contributed by atoms with Crippen LogP contribution in [0.3, 0.4) is 0 Å². The van der Waals surface area contributed by atoms with Gasteiger partial charge in [0, 0.05) is 6.42 Å². The normalized spacial score (nSPS) is 9.09. The van der Waals surface area contributed by atoms with Gasteiger partial charge >= 0.3 is 5.97 Å². The molecule has 0 N–H and O–H groups in total. The fourth-order valence-electron chi connectivity index (χ4n) is 0.643. The van der Waals surface area contributed by atoms with Crippen molar-refractivity contribution in [3.05, 3.63) is 0 Å². The molecule has 0 aliphatic carbocycles. The summed E-state index contributed by atoms with van der Waals surface area (Å²) in [5, 5.41) is 0. The Labute approximate surface area is 74.7 Å². The van der Waals surface area contributed by atoms with Gasteiger partial charge in [-0.25, -0.2) is 0 Å². The van der Waals surface area contributed by atoms with Crippen molar-refractivity contribution in [3.63, 3.8) is 0 Å². The summed E-state index contributed by atoms with van der Waals surface area (Å²) in [6, 6.07) is 0. The van der Waals surface area contributed by atoms with Gasteiger partial charge in [0.05, 0.1) is 6.10 Å². The molecule has 0 aliphatic rings. The Hall–Kier alpha value is -0.240. The molecule has 0 fully saturated rings. The molecule has 2 nitrogen and oxygen atoms in total. The zero-order chi connectivity index (χ0) is 7.98. The predicted octanol–water partition coefficient (Wildman–Crippen LogP) is 2.55. The van der Waals surface area contributed by atoms with Crippen molar-refractivity contribution in [1.29, 1.82) is 0 Å². The van der Waals surface area contributed by atoms with Crippen LogP contribution in [0.15, 0.2) is 0 Å². The van der Waals surface area contributed by atoms with Crippen molar-refractivity contribution in [2.75, 3.05) is 0 Å². The molecule has 0 saturated carbocycles. The average Bonchev–Trinajstić information content (AvgIpc) is 1.82. The van der Waals surface area contributed by atoms with Crippen LogP contribution in [0.25, 0.3) is 0 Å². The predicted molar refractivity (Wildman–Crippen MR) is 48.0 cm³/mol. The van der Waals surface area contributed by atoms with Gasteiger partial charge in [0.2, 0.25) is 0 Å². The summed E-state index contributed by atoms with van der Waals surface area (Å²) >= 11 is 0. The molecule has 0 unspecified atom stereocenters. The van der Waals surface area contributed by atoms with Gasteiger partial charge < -0.3 is 4.74 Å². The second-order valence-corrected chi connectivity index (χ2v) is 2.64. The fraction of sp³-hybridized carbons (Fsp3) is 0.875. The highest BCUT2D eigenvalue weighted by Gasteiger charge is 2.02. The summed E-state index contributed by atoms with van der Waals surface area (Å²) in [4.78, 5) is 10.8. The molecule has 0 saturated heterocycles. The number of rotatable bonds is 4. The maximum absolute atomic E-state index is 10.8. The van der Waals surface area contributed by atoms with Crippen molar-refractivity contribution < 1.29 is 9.53 Å². The third-order valence-electron chi connectivity index (χ3n) is 1.10. The molecular weight excluding hydrogens is 164 g/mol. The molecule has 0 aromatic heterocycles. The Kier molecular flexibility index (Phi) is 9.55. The Morgan fingerprint density at radius 1 is 1.45 bits per heavy atom. The van der Waals surface area contributed by atoms with E-state index < -0.39 is 0 Å². The zero-order valence-electron chi connectivity index (χ0n) is 7.42. The van der Waals surface area contributed by atoms with E-state index in [1.807, 2.05) is 13.8 Å². The lowest BCUT2D eigenvalue weighted by molar-refractivity contribution is -0.147. The Morgan fingerprint density at radius 3 is 2.36 bits per heavy atom. The van der Waals surface area contributed by atoms with Crippen molar-refractivity contribution in [2.24, 2.45) is 0 Å². The topological polar surface area (TPSA) is 26.3 Å². The van der Waals surface area contributed by atoms with Crippen LogP contribution in [-0.2, 0) is 9.53 Å². The van der Waals surface area contributed by atoms with Gasteiger partial charge in [0.25, 0.3) is 0 Å². The minimum atomic E-state index is -0.0724. The van der Waals surface area contributed by atoms with E-state index in [9.17, 15) is 4.79 Å². The van der Waals surface area contributed by atoms with Gasteiger partial charge in [0.1, 0.15) is 0 Å². The van der Waals surface area contributed by atoms with Crippen molar-refractivity contribution in [1.82, 2.24) is 0 Å². The van der Waals surface area contributed by atoms with Crippen LogP contribution in [0.2, 0.25) is 0 Å². The minimum absolute atomic E-state index is 0. The fourth-order valence-corrected chi connectivity index (χ4v) is 0.643. The molecule has 0 aromatic carbocycles. The summed E-state index contributed by atoms with van der Waals surface area (Å²) in [5.74, 6) is -0.0724. The Balaban J connectivity index is 0. The van der Waals surface area contributed by atoms with Gasteiger partial charge in [-0.1, -0.05) is 13.3 Å². The monoisotopic (exact) mass is 180 g/mol. The molecule has 0 heterocycles. The molecular formula is C8H17ClO2. The van der Waals surface area contributed by atoms with Crippen LogP contribution >= 0.6 is 12.4 Å². The lowest BCUT2D eigenvalue weighted by Crippen LogP contribution is -2.10. The van der Waals surface area contributed by atoms with Crippen LogP contribution in [0.5, 0.6) is 0 Å². The summed E-state index contributed by atoms with van der Waals surface area (Å²) < 4.78 is 4.91. The lowest BCUT2D eigenvalue weighted by Gasteiger charge is -2.06. The molecule has 11 heavy (non-hydrogen) atoms. The van der Waals surface area contributed by atoms with Gasteiger partial charge in [-0.3, -0.25) is 4.79 Å². The first kappa shape index (κ1) is 13.4. The SMILES string of the molecule is CCCCC(=O)OC(C)C.Cl. The third-order valence-corrected chi connectivity index (χ3v) is 1.10. The van der Waals surface area contributed by atoms with Crippen LogP contribution < -0.4 is 0 Å². The molecule has 0 atom stereocenters. The number of carbonyl (C=O) groups excluding carboxylic acids is 1. The molecule has 0 rings (SSSR count). The van der Waals surface area contributed by atoms with Gasteiger partial charge in [0.15, 0.2) is 0 Å². The maximum Gasteiger partial charge on any atom is 0.306 e. The summed E-state index contributed by atoms with van der Waals surface area (Å²) in [6.07, 6.45) is 2.58. The average molecular weight is 181 g/mol. The first-order valence-corrected chi connectivity index (χ1v) is 3.86. The number of halogens is 1. The van der Waals surface area contributed by atoms with E-state index in [2.05, 4.69) is 6.92 Å².